The summed E-state index contributed by atoms with van der Waals surface area (Å²) in [6.45, 7) is 5.99. The first-order chi connectivity index (χ1) is 23.4. The lowest BCUT2D eigenvalue weighted by Gasteiger charge is -2.70. The monoisotopic (exact) mass is 687 g/mol. The molecule has 0 radical (unpaired) electrons. The minimum atomic E-state index is -1.86. The topological polar surface area (TPSA) is 160 Å². The number of benzene rings is 1. The molecular weight excluding hydrogens is 638 g/mol. The maximum Gasteiger partial charge on any atom is 0.338 e. The fourth-order valence-corrected chi connectivity index (χ4v) is 12.7. The number of piperidine rings is 1. The van der Waals surface area contributed by atoms with E-state index in [0.717, 1.165) is 0 Å². The Bertz CT molecular complexity index is 1480. The molecule has 7 rings (SSSR count). The highest BCUT2D eigenvalue weighted by atomic mass is 16.6. The van der Waals surface area contributed by atoms with Crippen LogP contribution in [-0.2, 0) is 42.7 Å². The average Bonchev–Trinajstić information content (AvgIpc) is 3.44. The number of fused-ring (bicyclic) bond motifs is 2. The predicted octanol–water partition coefficient (Wildman–Crippen LogP) is 1.22. The number of ether oxygens (including phenoxy) is 7. The minimum Gasteiger partial charge on any atom is -0.462 e. The molecule has 1 aromatic carbocycles. The standard InChI is InChI=1S/C36H49NO12/c1-8-37-16-33(17-43-4)22(47-18(2)38)14-23(44-5)35-21-15-34(42)30(48-32(41)20-12-10-9-11-13-20)24(21)36(49-19(3)39,29(40)31(34)46-7)25(28(35)37)26(45-6)27(33)35/h9-13,21-31,40,42H,8,14-17H2,1-7H3/t21-,22-,23+,24-,25+,26+,27-,28-,29+,30-,31+,33+,34-,35+,36-/m1/s1. The predicted molar refractivity (Wildman–Crippen MR) is 170 cm³/mol. The molecule has 13 nitrogen and oxygen atoms in total. The Morgan fingerprint density at radius 3 is 2.20 bits per heavy atom. The highest BCUT2D eigenvalue weighted by Gasteiger charge is 2.92. The summed E-state index contributed by atoms with van der Waals surface area (Å²) in [7, 11) is 6.25. The van der Waals surface area contributed by atoms with Crippen LogP contribution in [0.25, 0.3) is 0 Å². The summed E-state index contributed by atoms with van der Waals surface area (Å²) >= 11 is 0. The smallest absolute Gasteiger partial charge is 0.338 e. The van der Waals surface area contributed by atoms with Crippen molar-refractivity contribution in [1.82, 2.24) is 4.90 Å². The third-order valence-corrected chi connectivity index (χ3v) is 13.4. The lowest BCUT2D eigenvalue weighted by Crippen LogP contribution is -2.81. The fourth-order valence-electron chi connectivity index (χ4n) is 12.7. The zero-order chi connectivity index (χ0) is 35.3. The molecule has 1 saturated heterocycles. The first-order valence-electron chi connectivity index (χ1n) is 17.2. The van der Waals surface area contributed by atoms with E-state index in [0.29, 0.717) is 19.5 Å². The summed E-state index contributed by atoms with van der Waals surface area (Å²) in [5.74, 6) is -4.24. The van der Waals surface area contributed by atoms with Gasteiger partial charge in [0.2, 0.25) is 0 Å². The van der Waals surface area contributed by atoms with Gasteiger partial charge >= 0.3 is 17.9 Å². The van der Waals surface area contributed by atoms with Gasteiger partial charge in [0.25, 0.3) is 0 Å². The van der Waals surface area contributed by atoms with Gasteiger partial charge in [0.05, 0.1) is 24.4 Å². The second-order valence-corrected chi connectivity index (χ2v) is 15.0. The van der Waals surface area contributed by atoms with Gasteiger partial charge in [-0.15, -0.1) is 0 Å². The van der Waals surface area contributed by atoms with Crippen LogP contribution in [0.5, 0.6) is 0 Å². The van der Waals surface area contributed by atoms with Gasteiger partial charge in [0, 0.05) is 89.9 Å². The normalized spacial score (nSPS) is 47.4. The SMILES string of the molecule is CCN1C[C@@]2(COC)[C@H]3[C@@H](OC)[C@H]4[C@@H]1[C@]3([C@@H](OC)C[C@H]2OC(C)=O)[C@@H]1C[C@@]2(O)[C@H](OC(=O)c3ccccc3)[C@@H]1[C@]4(OC(C)=O)[C@@H](O)[C@@H]2OC. The maximum atomic E-state index is 13.8. The average molecular weight is 688 g/mol. The number of aliphatic hydroxyl groups excluding tert-OH is 1. The molecule has 1 heterocycles. The summed E-state index contributed by atoms with van der Waals surface area (Å²) in [5.41, 5.74) is -4.92. The Hall–Kier alpha value is -2.65. The first kappa shape index (κ1) is 34.8. The van der Waals surface area contributed by atoms with Crippen molar-refractivity contribution in [2.45, 2.75) is 87.5 Å². The second-order valence-electron chi connectivity index (χ2n) is 15.0. The molecule has 5 saturated carbocycles. The van der Waals surface area contributed by atoms with Crippen molar-refractivity contribution in [2.24, 2.45) is 34.5 Å². The number of esters is 3. The van der Waals surface area contributed by atoms with E-state index >= 15 is 0 Å². The molecule has 1 aliphatic heterocycles. The van der Waals surface area contributed by atoms with Gasteiger partial charge in [0.15, 0.2) is 5.60 Å². The van der Waals surface area contributed by atoms with Gasteiger partial charge in [-0.05, 0) is 31.0 Å². The summed E-state index contributed by atoms with van der Waals surface area (Å²) in [5, 5.41) is 25.5. The van der Waals surface area contributed by atoms with Crippen LogP contribution in [0.4, 0.5) is 0 Å². The van der Waals surface area contributed by atoms with Gasteiger partial charge in [-0.25, -0.2) is 4.79 Å². The zero-order valence-corrected chi connectivity index (χ0v) is 29.2. The molecule has 49 heavy (non-hydrogen) atoms. The van der Waals surface area contributed by atoms with Crippen LogP contribution in [-0.4, -0.2) is 135 Å². The Balaban J connectivity index is 1.53. The van der Waals surface area contributed by atoms with Crippen LogP contribution in [0.2, 0.25) is 0 Å². The number of hydrogen-bond acceptors (Lipinski definition) is 13. The largest absolute Gasteiger partial charge is 0.462 e. The molecule has 6 fully saturated rings. The van der Waals surface area contributed by atoms with E-state index in [-0.39, 0.29) is 24.6 Å². The van der Waals surface area contributed by atoms with Crippen molar-refractivity contribution in [1.29, 1.82) is 0 Å². The summed E-state index contributed by atoms with van der Waals surface area (Å²) in [4.78, 5) is 42.2. The van der Waals surface area contributed by atoms with Gasteiger partial charge in [-0.3, -0.25) is 14.5 Å². The van der Waals surface area contributed by atoms with Crippen molar-refractivity contribution in [3.05, 3.63) is 35.9 Å². The van der Waals surface area contributed by atoms with Crippen LogP contribution >= 0.6 is 0 Å². The molecule has 1 aromatic rings. The zero-order valence-electron chi connectivity index (χ0n) is 29.2. The van der Waals surface area contributed by atoms with E-state index in [9.17, 15) is 24.6 Å². The molecule has 0 amide bonds. The van der Waals surface area contributed by atoms with Gasteiger partial charge in [-0.2, -0.15) is 0 Å². The van der Waals surface area contributed by atoms with Crippen LogP contribution in [0.1, 0.15) is 44.0 Å². The van der Waals surface area contributed by atoms with Crippen LogP contribution in [0.3, 0.4) is 0 Å². The highest BCUT2D eigenvalue weighted by Crippen LogP contribution is 2.80. The third kappa shape index (κ3) is 4.21. The van der Waals surface area contributed by atoms with E-state index in [1.165, 1.54) is 21.0 Å². The molecular formula is C36H49NO12. The number of aliphatic hydroxyl groups is 2. The van der Waals surface area contributed by atoms with E-state index in [4.69, 9.17) is 33.2 Å². The Kier molecular flexibility index (Phi) is 8.49. The Morgan fingerprint density at radius 2 is 1.63 bits per heavy atom. The Labute approximate surface area is 286 Å². The molecule has 0 unspecified atom stereocenters. The number of methoxy groups -OCH3 is 4. The second kappa shape index (κ2) is 12.0. The number of carbonyl (C=O) groups is 3. The minimum absolute atomic E-state index is 0.0534. The molecule has 0 aromatic heterocycles. The summed E-state index contributed by atoms with van der Waals surface area (Å²) in [6, 6.07) is 8.12. The first-order valence-corrected chi connectivity index (χ1v) is 17.2. The maximum absolute atomic E-state index is 13.8. The molecule has 5 aliphatic carbocycles. The van der Waals surface area contributed by atoms with E-state index in [1.807, 2.05) is 6.92 Å². The van der Waals surface area contributed by atoms with Crippen molar-refractivity contribution in [2.75, 3.05) is 48.1 Å². The molecule has 7 bridgehead atoms. The highest BCUT2D eigenvalue weighted by molar-refractivity contribution is 5.89. The van der Waals surface area contributed by atoms with E-state index in [2.05, 4.69) is 4.90 Å². The lowest BCUT2D eigenvalue weighted by atomic mass is 9.42. The van der Waals surface area contributed by atoms with Gasteiger partial charge in [-0.1, -0.05) is 25.1 Å². The fraction of sp³-hybridized carbons (Fsp3) is 0.750. The molecule has 270 valence electrons. The van der Waals surface area contributed by atoms with Crippen molar-refractivity contribution in [3.8, 4) is 0 Å². The van der Waals surface area contributed by atoms with Gasteiger partial charge in [0.1, 0.15) is 30.0 Å². The molecule has 6 aliphatic rings. The van der Waals surface area contributed by atoms with E-state index in [1.54, 1.807) is 51.7 Å². The van der Waals surface area contributed by atoms with E-state index < -0.39 is 100 Å². The van der Waals surface area contributed by atoms with Crippen molar-refractivity contribution >= 4 is 17.9 Å². The van der Waals surface area contributed by atoms with Crippen LogP contribution in [0.15, 0.2) is 30.3 Å². The Morgan fingerprint density at radius 1 is 0.918 bits per heavy atom. The molecule has 15 atom stereocenters. The number of nitrogens with zero attached hydrogens (tertiary/aromatic N) is 1. The number of rotatable bonds is 10. The number of carbonyl (C=O) groups excluding carboxylic acids is 3. The number of hydrogen-bond donors (Lipinski definition) is 2. The summed E-state index contributed by atoms with van der Waals surface area (Å²) in [6.07, 6.45) is -5.45. The van der Waals surface area contributed by atoms with Crippen LogP contribution in [0, 0.1) is 34.5 Å². The van der Waals surface area contributed by atoms with Crippen molar-refractivity contribution in [3.63, 3.8) is 0 Å². The molecule has 13 heteroatoms. The van der Waals surface area contributed by atoms with Crippen molar-refractivity contribution < 1.29 is 57.8 Å². The third-order valence-electron chi connectivity index (χ3n) is 13.4. The summed E-state index contributed by atoms with van der Waals surface area (Å²) < 4.78 is 43.9. The van der Waals surface area contributed by atoms with Crippen LogP contribution < -0.4 is 0 Å². The number of likely N-dealkylation sites (tertiary alicyclic amines) is 1. The molecule has 1 spiro atoms. The molecule has 2 N–H and O–H groups in total. The lowest BCUT2D eigenvalue weighted by molar-refractivity contribution is -0.322. The quantitative estimate of drug-likeness (QED) is 0.267. The van der Waals surface area contributed by atoms with Gasteiger partial charge < -0.3 is 43.4 Å².